The van der Waals surface area contributed by atoms with Gasteiger partial charge in [-0.1, -0.05) is 0 Å². The number of hydrogen-bond donors (Lipinski definition) is 0. The molecule has 1 rings (SSSR count). The molecule has 0 unspecified atom stereocenters. The second-order valence-electron chi connectivity index (χ2n) is 8.39. The Hall–Kier alpha value is 0.544. The van der Waals surface area contributed by atoms with Gasteiger partial charge < -0.3 is 0 Å². The first-order chi connectivity index (χ1) is 7.85. The Bertz CT molecular complexity index is 423. The summed E-state index contributed by atoms with van der Waals surface area (Å²) in [6.45, 7) is 22.8. The standard InChI is InChI=1S/C14H29GeSi3/c1-16(2,3)12-10-11-15-14(18(7,8)9)13(12)17(4,5)6/h10-11H,1-9H3. The molecule has 0 bridgehead atoms. The Morgan fingerprint density at radius 1 is 0.722 bits per heavy atom. The van der Waals surface area contributed by atoms with Crippen molar-refractivity contribution in [3.05, 3.63) is 21.4 Å². The van der Waals surface area contributed by atoms with E-state index in [1.54, 1.807) is 5.20 Å². The third-order valence-corrected chi connectivity index (χ3v) is 17.4. The van der Waals surface area contributed by atoms with Crippen molar-refractivity contribution < 1.29 is 0 Å². The molecule has 1 aliphatic rings. The van der Waals surface area contributed by atoms with Crippen LogP contribution in [0.1, 0.15) is 0 Å². The van der Waals surface area contributed by atoms with Gasteiger partial charge in [0.15, 0.2) is 0 Å². The molecule has 0 aromatic carbocycles. The molecule has 1 heterocycles. The van der Waals surface area contributed by atoms with Crippen molar-refractivity contribution >= 4 is 43.2 Å². The van der Waals surface area contributed by atoms with Gasteiger partial charge in [-0.2, -0.15) is 0 Å². The Morgan fingerprint density at radius 3 is 1.56 bits per heavy atom. The second kappa shape index (κ2) is 5.15. The van der Waals surface area contributed by atoms with Gasteiger partial charge >= 0.3 is 123 Å². The van der Waals surface area contributed by atoms with Crippen molar-refractivity contribution in [1.29, 1.82) is 0 Å². The molecule has 0 saturated heterocycles. The van der Waals surface area contributed by atoms with Crippen LogP contribution in [0.25, 0.3) is 0 Å². The van der Waals surface area contributed by atoms with Crippen molar-refractivity contribution in [2.24, 2.45) is 0 Å². The zero-order chi connectivity index (χ0) is 14.4. The Morgan fingerprint density at radius 2 is 1.22 bits per heavy atom. The van der Waals surface area contributed by atoms with Crippen LogP contribution in [0.4, 0.5) is 0 Å². The molecule has 1 radical (unpaired) electrons. The van der Waals surface area contributed by atoms with Gasteiger partial charge in [0.2, 0.25) is 0 Å². The Balaban J connectivity index is 3.56. The summed E-state index contributed by atoms with van der Waals surface area (Å²) in [5.41, 5.74) is 0. The maximum absolute atomic E-state index is 2.56. The first-order valence-corrected chi connectivity index (χ1v) is 19.7. The molecule has 1 aliphatic heterocycles. The van der Waals surface area contributed by atoms with Crippen molar-refractivity contribution in [2.45, 2.75) is 58.9 Å². The second-order valence-corrected chi connectivity index (χ2v) is 26.8. The first-order valence-electron chi connectivity index (χ1n) is 6.91. The maximum atomic E-state index is 2.56. The molecule has 0 nitrogen and oxygen atoms in total. The molecule has 0 aliphatic carbocycles. The molecule has 18 heavy (non-hydrogen) atoms. The van der Waals surface area contributed by atoms with Crippen LogP contribution in [0.3, 0.4) is 0 Å². The molecule has 0 N–H and O–H groups in total. The first kappa shape index (κ1) is 16.6. The normalized spacial score (nSPS) is 18.2. The van der Waals surface area contributed by atoms with E-state index in [2.05, 4.69) is 69.9 Å². The van der Waals surface area contributed by atoms with Crippen molar-refractivity contribution in [3.63, 3.8) is 0 Å². The van der Waals surface area contributed by atoms with Crippen LogP contribution in [0.2, 0.25) is 58.9 Å². The van der Waals surface area contributed by atoms with Crippen LogP contribution >= 0.6 is 0 Å². The van der Waals surface area contributed by atoms with Gasteiger partial charge in [0.05, 0.1) is 0 Å². The Kier molecular flexibility index (Phi) is 4.75. The average Bonchev–Trinajstić information content (AvgIpc) is 2.12. The van der Waals surface area contributed by atoms with Crippen LogP contribution in [0, 0.1) is 0 Å². The van der Waals surface area contributed by atoms with E-state index >= 15 is 0 Å². The van der Waals surface area contributed by atoms with Crippen LogP contribution in [-0.2, 0) is 0 Å². The third-order valence-electron chi connectivity index (χ3n) is 3.31. The summed E-state index contributed by atoms with van der Waals surface area (Å²) in [6, 6.07) is 0. The molecular formula is C14H29GeSi3. The van der Waals surface area contributed by atoms with Gasteiger partial charge in [-0.05, 0) is 0 Å². The van der Waals surface area contributed by atoms with E-state index in [0.29, 0.717) is 0 Å². The summed E-state index contributed by atoms with van der Waals surface area (Å²) in [5, 5.41) is 3.69. The summed E-state index contributed by atoms with van der Waals surface area (Å²) in [7, 11) is -3.54. The third kappa shape index (κ3) is 3.77. The minimum absolute atomic E-state index is 0.0309. The van der Waals surface area contributed by atoms with E-state index in [0.717, 1.165) is 0 Å². The summed E-state index contributed by atoms with van der Waals surface area (Å²) < 4.78 is 1.97. The van der Waals surface area contributed by atoms with E-state index in [9.17, 15) is 0 Å². The van der Waals surface area contributed by atoms with Gasteiger partial charge in [0, 0.05) is 0 Å². The van der Waals surface area contributed by atoms with Crippen LogP contribution in [-0.4, -0.2) is 43.2 Å². The van der Waals surface area contributed by atoms with E-state index in [-0.39, 0.29) is 15.0 Å². The molecular weight excluding hydrogens is 325 g/mol. The molecule has 0 spiro atoms. The van der Waals surface area contributed by atoms with Gasteiger partial charge in [0.25, 0.3) is 0 Å². The SMILES string of the molecule is C[Si](C)(C)[C]1=[Ge][CH]=CC([Si](C)(C)C)=C1[Si](C)(C)C. The van der Waals surface area contributed by atoms with Crippen LogP contribution < -0.4 is 0 Å². The quantitative estimate of drug-likeness (QED) is 0.663. The van der Waals surface area contributed by atoms with E-state index in [1.165, 1.54) is 0 Å². The predicted molar refractivity (Wildman–Crippen MR) is 97.0 cm³/mol. The predicted octanol–water partition coefficient (Wildman–Crippen LogP) is 4.32. The van der Waals surface area contributed by atoms with Crippen molar-refractivity contribution in [2.75, 3.05) is 0 Å². The molecule has 0 saturated carbocycles. The minimum atomic E-state index is -1.21. The summed E-state index contributed by atoms with van der Waals surface area (Å²) in [4.78, 5) is 2.56. The monoisotopic (exact) mass is 355 g/mol. The van der Waals surface area contributed by atoms with Gasteiger partial charge in [-0.3, -0.25) is 0 Å². The van der Waals surface area contributed by atoms with Crippen LogP contribution in [0.15, 0.2) is 21.4 Å². The van der Waals surface area contributed by atoms with E-state index < -0.39 is 24.2 Å². The fourth-order valence-corrected chi connectivity index (χ4v) is 19.5. The number of rotatable bonds is 3. The molecule has 0 aromatic heterocycles. The number of hydrogen-bond acceptors (Lipinski definition) is 0. The van der Waals surface area contributed by atoms with Gasteiger partial charge in [-0.25, -0.2) is 0 Å². The fraction of sp³-hybridized carbons (Fsp3) is 0.643. The number of allylic oxidation sites excluding steroid dienone is 3. The van der Waals surface area contributed by atoms with Gasteiger partial charge in [0.1, 0.15) is 0 Å². The molecule has 4 heteroatoms. The average molecular weight is 354 g/mol. The molecule has 101 valence electrons. The molecule has 0 atom stereocenters. The van der Waals surface area contributed by atoms with Crippen LogP contribution in [0.5, 0.6) is 0 Å². The van der Waals surface area contributed by atoms with Crippen molar-refractivity contribution in [3.8, 4) is 0 Å². The zero-order valence-corrected chi connectivity index (χ0v) is 18.8. The molecule has 0 fully saturated rings. The van der Waals surface area contributed by atoms with E-state index in [1.807, 2.05) is 9.17 Å². The Labute approximate surface area is 123 Å². The summed E-state index contributed by atoms with van der Waals surface area (Å²) >= 11 is 0.0309. The van der Waals surface area contributed by atoms with Gasteiger partial charge in [-0.15, -0.1) is 0 Å². The molecule has 0 aromatic rings. The summed E-state index contributed by atoms with van der Waals surface area (Å²) in [5.74, 6) is 0. The summed E-state index contributed by atoms with van der Waals surface area (Å²) in [6.07, 6.45) is 2.53. The molecule has 0 amide bonds. The van der Waals surface area contributed by atoms with E-state index in [4.69, 9.17) is 0 Å². The van der Waals surface area contributed by atoms with Crippen molar-refractivity contribution in [1.82, 2.24) is 0 Å². The topological polar surface area (TPSA) is 0 Å². The fourth-order valence-electron chi connectivity index (χ4n) is 2.49. The zero-order valence-electron chi connectivity index (χ0n) is 13.7.